The second-order valence-electron chi connectivity index (χ2n) is 9.95. The Morgan fingerprint density at radius 1 is 0.548 bits per heavy atom. The number of aromatic hydroxyl groups is 4. The van der Waals surface area contributed by atoms with E-state index in [1.807, 2.05) is 0 Å². The van der Waals surface area contributed by atoms with Gasteiger partial charge in [-0.15, -0.1) is 0 Å². The van der Waals surface area contributed by atoms with Crippen molar-refractivity contribution >= 4 is 11.6 Å². The molecular formula is C26H30O16. The van der Waals surface area contributed by atoms with Gasteiger partial charge in [-0.1, -0.05) is 0 Å². The van der Waals surface area contributed by atoms with Gasteiger partial charge in [0.25, 0.3) is 0 Å². The van der Waals surface area contributed by atoms with E-state index in [0.717, 1.165) is 24.3 Å². The van der Waals surface area contributed by atoms with E-state index in [9.17, 15) is 70.9 Å². The van der Waals surface area contributed by atoms with Gasteiger partial charge in [0.05, 0.1) is 35.5 Å². The summed E-state index contributed by atoms with van der Waals surface area (Å²) in [6.07, 6.45) is -17.8. The predicted molar refractivity (Wildman–Crippen MR) is 134 cm³/mol. The summed E-state index contributed by atoms with van der Waals surface area (Å²) in [5, 5.41) is 122. The maximum atomic E-state index is 13.2. The summed E-state index contributed by atoms with van der Waals surface area (Å²) in [7, 11) is 0. The van der Waals surface area contributed by atoms with E-state index in [-0.39, 0.29) is 0 Å². The molecule has 0 saturated carbocycles. The van der Waals surface area contributed by atoms with E-state index in [2.05, 4.69) is 0 Å². The fraction of sp³-hybridized carbons (Fsp3) is 0.462. The highest BCUT2D eigenvalue weighted by Gasteiger charge is 2.48. The van der Waals surface area contributed by atoms with Crippen LogP contribution in [0.15, 0.2) is 24.3 Å². The summed E-state index contributed by atoms with van der Waals surface area (Å²) < 4.78 is 10.7. The van der Waals surface area contributed by atoms with Crippen LogP contribution in [-0.4, -0.2) is 135 Å². The van der Waals surface area contributed by atoms with Crippen molar-refractivity contribution in [2.24, 2.45) is 0 Å². The molecule has 0 aromatic heterocycles. The number of phenols is 4. The molecule has 2 aromatic carbocycles. The third-order valence-electron chi connectivity index (χ3n) is 7.44. The minimum absolute atomic E-state index is 0.664. The number of carbonyl (C=O) groups excluding carboxylic acids is 2. The normalized spacial score (nSPS) is 33.3. The quantitative estimate of drug-likeness (QED) is 0.109. The first kappa shape index (κ1) is 31.5. The van der Waals surface area contributed by atoms with Gasteiger partial charge >= 0.3 is 0 Å². The molecule has 0 radical (unpaired) electrons. The van der Waals surface area contributed by atoms with Crippen molar-refractivity contribution in [2.45, 2.75) is 61.0 Å². The van der Waals surface area contributed by atoms with E-state index in [1.54, 1.807) is 0 Å². The Morgan fingerprint density at radius 3 is 1.19 bits per heavy atom. The third kappa shape index (κ3) is 5.18. The lowest BCUT2D eigenvalue weighted by Gasteiger charge is -2.40. The van der Waals surface area contributed by atoms with E-state index in [4.69, 9.17) is 9.47 Å². The number of phenolic OH excluding ortho intramolecular Hbond substituents is 4. The van der Waals surface area contributed by atoms with Crippen LogP contribution >= 0.6 is 0 Å². The van der Waals surface area contributed by atoms with Crippen LogP contribution in [0.2, 0.25) is 0 Å². The predicted octanol–water partition coefficient (Wildman–Crippen LogP) is -3.40. The molecule has 230 valence electrons. The van der Waals surface area contributed by atoms with Crippen LogP contribution in [0.4, 0.5) is 0 Å². The Kier molecular flexibility index (Phi) is 9.05. The lowest BCUT2D eigenvalue weighted by molar-refractivity contribution is -0.232. The molecule has 0 bridgehead atoms. The molecule has 2 heterocycles. The van der Waals surface area contributed by atoms with E-state index in [1.165, 1.54) is 0 Å². The molecule has 2 aliphatic heterocycles. The second-order valence-corrected chi connectivity index (χ2v) is 9.95. The molecule has 4 rings (SSSR count). The molecule has 0 amide bonds. The number of hydrogen-bond donors (Lipinski definition) is 12. The Hall–Kier alpha value is -3.42. The number of Topliss-reactive ketones (excluding diaryl/α,β-unsaturated/α-hetero) is 2. The Labute approximate surface area is 236 Å². The number of aliphatic hydroxyl groups is 8. The minimum Gasteiger partial charge on any atom is -0.507 e. The maximum Gasteiger partial charge on any atom is 0.237 e. The van der Waals surface area contributed by atoms with Gasteiger partial charge in [0.15, 0.2) is 0 Å². The molecule has 16 nitrogen and oxygen atoms in total. The molecular weight excluding hydrogens is 568 g/mol. The Morgan fingerprint density at radius 2 is 0.881 bits per heavy atom. The minimum atomic E-state index is -1.97. The second kappa shape index (κ2) is 12.1. The van der Waals surface area contributed by atoms with Gasteiger partial charge in [-0.25, -0.2) is 0 Å². The summed E-state index contributed by atoms with van der Waals surface area (Å²) in [6, 6.07) is 3.36. The molecule has 2 fully saturated rings. The highest BCUT2D eigenvalue weighted by Crippen LogP contribution is 2.45. The van der Waals surface area contributed by atoms with Crippen LogP contribution in [-0.2, 0) is 9.47 Å². The number of aliphatic hydroxyl groups excluding tert-OH is 8. The van der Waals surface area contributed by atoms with Gasteiger partial charge < -0.3 is 70.8 Å². The summed E-state index contributed by atoms with van der Waals surface area (Å²) >= 11 is 0. The summed E-state index contributed by atoms with van der Waals surface area (Å²) in [5.41, 5.74) is -2.87. The maximum absolute atomic E-state index is 13.2. The zero-order valence-electron chi connectivity index (χ0n) is 21.5. The molecule has 12 N–H and O–H groups in total. The average Bonchev–Trinajstić information content (AvgIpc) is 2.96. The van der Waals surface area contributed by atoms with E-state index >= 15 is 0 Å². The molecule has 2 aliphatic rings. The standard InChI is InChI=1S/C26H30O16/c27-5-11-19(35)21(37)23(39)25(41-11)13-9(29)3-1-7(15(13)31)17(33)18(34)8-2-4-10(30)14(16(8)32)26-24(40)22(38)20(36)12(6-28)42-26/h1-4,11-12,19-32,35-40H,5-6H2/t11-,12+,19-,20+,21+,22-,23-,24-,25+,26+/m1/s1. The van der Waals surface area contributed by atoms with Gasteiger partial charge in [0.1, 0.15) is 84.0 Å². The van der Waals surface area contributed by atoms with Crippen molar-refractivity contribution in [1.82, 2.24) is 0 Å². The number of carbonyl (C=O) groups is 2. The highest BCUT2D eigenvalue weighted by molar-refractivity contribution is 6.50. The molecule has 42 heavy (non-hydrogen) atoms. The molecule has 16 heteroatoms. The fourth-order valence-corrected chi connectivity index (χ4v) is 5.05. The van der Waals surface area contributed by atoms with Crippen molar-refractivity contribution < 1.29 is 80.3 Å². The average molecular weight is 599 g/mol. The molecule has 10 atom stereocenters. The summed E-state index contributed by atoms with van der Waals surface area (Å²) in [4.78, 5) is 26.5. The van der Waals surface area contributed by atoms with Gasteiger partial charge in [-0.3, -0.25) is 9.59 Å². The fourth-order valence-electron chi connectivity index (χ4n) is 5.05. The summed E-state index contributed by atoms with van der Waals surface area (Å²) in [6.45, 7) is -1.67. The lowest BCUT2D eigenvalue weighted by atomic mass is 9.87. The van der Waals surface area contributed by atoms with Crippen LogP contribution < -0.4 is 0 Å². The van der Waals surface area contributed by atoms with Gasteiger partial charge in [-0.05, 0) is 24.3 Å². The number of ether oxygens (including phenoxy) is 2. The molecule has 0 aliphatic carbocycles. The van der Waals surface area contributed by atoms with Gasteiger partial charge in [0.2, 0.25) is 11.6 Å². The largest absolute Gasteiger partial charge is 0.507 e. The summed E-state index contributed by atoms with van der Waals surface area (Å²) in [5.74, 6) is -6.63. The van der Waals surface area contributed by atoms with Crippen molar-refractivity contribution in [1.29, 1.82) is 0 Å². The Balaban J connectivity index is 1.72. The first-order valence-electron chi connectivity index (χ1n) is 12.6. The topological polar surface area (TPSA) is 295 Å². The van der Waals surface area contributed by atoms with Gasteiger partial charge in [-0.2, -0.15) is 0 Å². The smallest absolute Gasteiger partial charge is 0.237 e. The molecule has 0 unspecified atom stereocenters. The zero-order valence-corrected chi connectivity index (χ0v) is 21.5. The zero-order chi connectivity index (χ0) is 31.2. The van der Waals surface area contributed by atoms with Gasteiger partial charge in [0, 0.05) is 0 Å². The van der Waals surface area contributed by atoms with E-state index in [0.29, 0.717) is 0 Å². The first-order chi connectivity index (χ1) is 19.8. The van der Waals surface area contributed by atoms with Crippen molar-refractivity contribution in [3.8, 4) is 23.0 Å². The monoisotopic (exact) mass is 598 g/mol. The third-order valence-corrected chi connectivity index (χ3v) is 7.44. The molecule has 2 saturated heterocycles. The van der Waals surface area contributed by atoms with Crippen LogP contribution in [0.1, 0.15) is 44.1 Å². The van der Waals surface area contributed by atoms with Crippen molar-refractivity contribution in [3.63, 3.8) is 0 Å². The lowest BCUT2D eigenvalue weighted by Crippen LogP contribution is -2.55. The first-order valence-corrected chi connectivity index (χ1v) is 12.6. The molecule has 2 aromatic rings. The van der Waals surface area contributed by atoms with E-state index < -0.39 is 131 Å². The van der Waals surface area contributed by atoms with Crippen LogP contribution in [0.5, 0.6) is 23.0 Å². The Bertz CT molecular complexity index is 1240. The number of hydrogen-bond acceptors (Lipinski definition) is 16. The number of benzene rings is 2. The molecule has 0 spiro atoms. The highest BCUT2D eigenvalue weighted by atomic mass is 16.6. The van der Waals surface area contributed by atoms with Crippen LogP contribution in [0.25, 0.3) is 0 Å². The van der Waals surface area contributed by atoms with Crippen molar-refractivity contribution in [2.75, 3.05) is 13.2 Å². The van der Waals surface area contributed by atoms with Crippen LogP contribution in [0.3, 0.4) is 0 Å². The SMILES string of the molecule is O=C(C(=O)c1ccc(O)c([C@@H]2O[C@H](CO)[C@@H](O)[C@H](O)[C@H]2O)c1O)c1ccc(O)c([C@@H]2O[C@@H](CO)[C@H](O)[C@@H](O)[C@H]2O)c1O. The number of ketones is 2. The van der Waals surface area contributed by atoms with Crippen LogP contribution in [0, 0.1) is 0 Å². The van der Waals surface area contributed by atoms with Crippen molar-refractivity contribution in [3.05, 3.63) is 46.5 Å². The number of rotatable bonds is 7.